The molecule has 16 nitrogen and oxygen atoms in total. The van der Waals surface area contributed by atoms with Gasteiger partial charge in [0.25, 0.3) is 0 Å². The average Bonchev–Trinajstić information content (AvgIpc) is 2.99. The number of carboxylic acid groups (broad SMARTS) is 4. The van der Waals surface area contributed by atoms with E-state index >= 15 is 0 Å². The van der Waals surface area contributed by atoms with Gasteiger partial charge in [0.15, 0.2) is 0 Å². The molecule has 0 saturated heterocycles. The van der Waals surface area contributed by atoms with Gasteiger partial charge in [0.1, 0.15) is 12.2 Å². The molecule has 10 atom stereocenters. The lowest BCUT2D eigenvalue weighted by atomic mass is 9.87. The third-order valence-electron chi connectivity index (χ3n) is 8.61. The van der Waals surface area contributed by atoms with Crippen LogP contribution in [0.25, 0.3) is 0 Å². The number of rotatable bonds is 29. The van der Waals surface area contributed by atoms with Gasteiger partial charge in [-0.05, 0) is 50.9 Å². The number of aliphatic hydroxyl groups is 3. The van der Waals surface area contributed by atoms with Crippen molar-refractivity contribution in [3.05, 3.63) is 0 Å². The largest absolute Gasteiger partial charge is 0.481 e. The summed E-state index contributed by atoms with van der Waals surface area (Å²) in [5, 5.41) is 67.8. The Bertz CT molecular complexity index is 1070. The number of nitrogens with two attached hydrogens (primary N) is 1. The number of aliphatic hydroxyl groups excluding tert-OH is 3. The minimum Gasteiger partial charge on any atom is -0.481 e. The Labute approximate surface area is 293 Å². The third-order valence-corrected chi connectivity index (χ3v) is 8.61. The number of carboxylic acids is 4. The van der Waals surface area contributed by atoms with Crippen LogP contribution in [-0.2, 0) is 38.2 Å². The van der Waals surface area contributed by atoms with Crippen LogP contribution < -0.4 is 5.73 Å². The zero-order chi connectivity index (χ0) is 38.6. The smallest absolute Gasteiger partial charge is 0.307 e. The number of carbonyl (C=O) groups excluding carboxylic acids is 2. The van der Waals surface area contributed by atoms with Gasteiger partial charge in [-0.3, -0.25) is 28.8 Å². The molecule has 0 aromatic heterocycles. The second kappa shape index (κ2) is 24.7. The number of esters is 2. The molecule has 0 aliphatic heterocycles. The molecule has 0 unspecified atom stereocenters. The summed E-state index contributed by atoms with van der Waals surface area (Å²) >= 11 is 0. The summed E-state index contributed by atoms with van der Waals surface area (Å²) in [4.78, 5) is 71.6. The lowest BCUT2D eigenvalue weighted by molar-refractivity contribution is -0.177. The molecule has 0 fully saturated rings. The van der Waals surface area contributed by atoms with Gasteiger partial charge in [0.05, 0.1) is 55.8 Å². The number of ether oxygens (including phenoxy) is 2. The Morgan fingerprint density at radius 3 is 1.50 bits per heavy atom. The highest BCUT2D eigenvalue weighted by atomic mass is 16.6. The van der Waals surface area contributed by atoms with Crippen LogP contribution >= 0.6 is 0 Å². The second-order valence-corrected chi connectivity index (χ2v) is 13.6. The molecule has 0 spiro atoms. The lowest BCUT2D eigenvalue weighted by Gasteiger charge is -2.33. The molecule has 0 aliphatic rings. The van der Waals surface area contributed by atoms with E-state index in [2.05, 4.69) is 0 Å². The van der Waals surface area contributed by atoms with Crippen LogP contribution in [0.4, 0.5) is 0 Å². The molecule has 290 valence electrons. The van der Waals surface area contributed by atoms with Crippen LogP contribution in [0.5, 0.6) is 0 Å². The number of aliphatic carboxylic acids is 4. The maximum atomic E-state index is 13.0. The van der Waals surface area contributed by atoms with Gasteiger partial charge in [-0.15, -0.1) is 0 Å². The van der Waals surface area contributed by atoms with Gasteiger partial charge in [0.2, 0.25) is 0 Å². The fourth-order valence-electron chi connectivity index (χ4n) is 5.68. The van der Waals surface area contributed by atoms with Crippen molar-refractivity contribution in [3.63, 3.8) is 0 Å². The number of hydrogen-bond donors (Lipinski definition) is 8. The summed E-state index contributed by atoms with van der Waals surface area (Å²) < 4.78 is 11.4. The normalized spacial score (nSPS) is 17.5. The first-order chi connectivity index (χ1) is 23.3. The molecule has 0 aromatic rings. The quantitative estimate of drug-likeness (QED) is 0.0407. The Morgan fingerprint density at radius 1 is 0.620 bits per heavy atom. The predicted octanol–water partition coefficient (Wildman–Crippen LogP) is 2.56. The molecule has 0 amide bonds. The first-order valence-corrected chi connectivity index (χ1v) is 17.3. The van der Waals surface area contributed by atoms with Crippen LogP contribution in [0, 0.1) is 23.7 Å². The zero-order valence-corrected chi connectivity index (χ0v) is 29.6. The summed E-state index contributed by atoms with van der Waals surface area (Å²) in [6, 6.07) is -0.476. The van der Waals surface area contributed by atoms with Crippen LogP contribution in [-0.4, -0.2) is 108 Å². The van der Waals surface area contributed by atoms with E-state index in [1.807, 2.05) is 6.92 Å². The van der Waals surface area contributed by atoms with E-state index in [1.54, 1.807) is 20.8 Å². The van der Waals surface area contributed by atoms with E-state index in [0.29, 0.717) is 38.5 Å². The molecule has 0 bridgehead atoms. The molecule has 0 aliphatic carbocycles. The van der Waals surface area contributed by atoms with Crippen molar-refractivity contribution in [1.82, 2.24) is 0 Å². The van der Waals surface area contributed by atoms with Gasteiger partial charge in [-0.25, -0.2) is 0 Å². The van der Waals surface area contributed by atoms with E-state index in [0.717, 1.165) is 6.42 Å². The Kier molecular flexibility index (Phi) is 23.1. The second-order valence-electron chi connectivity index (χ2n) is 13.6. The highest BCUT2D eigenvalue weighted by Gasteiger charge is 2.37. The van der Waals surface area contributed by atoms with E-state index in [-0.39, 0.29) is 25.2 Å². The van der Waals surface area contributed by atoms with Crippen molar-refractivity contribution in [2.75, 3.05) is 0 Å². The topological polar surface area (TPSA) is 289 Å². The van der Waals surface area contributed by atoms with Crippen molar-refractivity contribution in [2.45, 2.75) is 154 Å². The molecule has 0 saturated carbocycles. The minimum absolute atomic E-state index is 0.0270. The molecular formula is C34H59NO15. The summed E-state index contributed by atoms with van der Waals surface area (Å²) in [6.07, 6.45) is -3.74. The maximum absolute atomic E-state index is 13.0. The van der Waals surface area contributed by atoms with Crippen LogP contribution in [0.1, 0.15) is 118 Å². The van der Waals surface area contributed by atoms with Crippen molar-refractivity contribution < 1.29 is 74.0 Å². The molecule has 0 radical (unpaired) electrons. The SMILES string of the molecule is CCCC[C@@H](C)[C@@H](OC(=O)C[C@H](CC(=O)O)C(=O)O)[C@H](C[C@@H](C)C[C@H](O)CCCC[C@@H](O)C[C@H](O)[C@H](C)N)OC(=O)C[C@@H](CC(=O)O)C(=O)O. The molecule has 0 heterocycles. The minimum atomic E-state index is -1.59. The number of hydrogen-bond acceptors (Lipinski definition) is 12. The van der Waals surface area contributed by atoms with Gasteiger partial charge in [0, 0.05) is 12.5 Å². The standard InChI is InChI=1S/C34H59NO15/c1-5-6-9-20(3)32(50-31(44)17-23(34(47)48)15-29(41)42)27(49-30(43)16-22(33(45)46)14-28(39)40)13-19(2)12-24(36)10-7-8-11-25(37)18-26(38)21(4)35/h19-27,32,36-38H,5-18,35H2,1-4H3,(H,39,40)(H,41,42)(H,45,46)(H,47,48)/t19-,20+,21-,22+,23-,24+,25+,26-,27-,32+/m0/s1. The van der Waals surface area contributed by atoms with Crippen molar-refractivity contribution in [2.24, 2.45) is 29.4 Å². The van der Waals surface area contributed by atoms with Crippen LogP contribution in [0.2, 0.25) is 0 Å². The molecule has 9 N–H and O–H groups in total. The molecule has 0 rings (SSSR count). The third kappa shape index (κ3) is 21.0. The van der Waals surface area contributed by atoms with Crippen LogP contribution in [0.15, 0.2) is 0 Å². The monoisotopic (exact) mass is 721 g/mol. The van der Waals surface area contributed by atoms with E-state index in [1.165, 1.54) is 0 Å². The summed E-state index contributed by atoms with van der Waals surface area (Å²) in [5.41, 5.74) is 5.63. The van der Waals surface area contributed by atoms with Crippen molar-refractivity contribution >= 4 is 35.8 Å². The summed E-state index contributed by atoms with van der Waals surface area (Å²) in [6.45, 7) is 7.06. The van der Waals surface area contributed by atoms with E-state index in [9.17, 15) is 54.3 Å². The van der Waals surface area contributed by atoms with Gasteiger partial charge >= 0.3 is 35.8 Å². The van der Waals surface area contributed by atoms with Crippen LogP contribution in [0.3, 0.4) is 0 Å². The highest BCUT2D eigenvalue weighted by Crippen LogP contribution is 2.29. The Hall–Kier alpha value is -3.34. The maximum Gasteiger partial charge on any atom is 0.307 e. The summed E-state index contributed by atoms with van der Waals surface area (Å²) in [5.74, 6) is -12.0. The molecule has 0 aromatic carbocycles. The summed E-state index contributed by atoms with van der Waals surface area (Å²) in [7, 11) is 0. The Morgan fingerprint density at radius 2 is 1.08 bits per heavy atom. The molecule has 50 heavy (non-hydrogen) atoms. The zero-order valence-electron chi connectivity index (χ0n) is 29.6. The Balaban J connectivity index is 5.98. The molecular weight excluding hydrogens is 662 g/mol. The highest BCUT2D eigenvalue weighted by molar-refractivity contribution is 5.83. The van der Waals surface area contributed by atoms with Crippen molar-refractivity contribution in [3.8, 4) is 0 Å². The fourth-order valence-corrected chi connectivity index (χ4v) is 5.68. The van der Waals surface area contributed by atoms with Gasteiger partial charge in [-0.1, -0.05) is 46.5 Å². The van der Waals surface area contributed by atoms with Gasteiger partial charge < -0.3 is 51.0 Å². The van der Waals surface area contributed by atoms with Gasteiger partial charge in [-0.2, -0.15) is 0 Å². The van der Waals surface area contributed by atoms with Crippen molar-refractivity contribution in [1.29, 1.82) is 0 Å². The van der Waals surface area contributed by atoms with E-state index in [4.69, 9.17) is 25.4 Å². The first kappa shape index (κ1) is 46.7. The molecule has 16 heteroatoms. The fraction of sp³-hybridized carbons (Fsp3) is 0.824. The first-order valence-electron chi connectivity index (χ1n) is 17.3. The lowest BCUT2D eigenvalue weighted by Crippen LogP contribution is -2.42. The average molecular weight is 722 g/mol. The predicted molar refractivity (Wildman–Crippen MR) is 178 cm³/mol. The number of carbonyl (C=O) groups is 6. The van der Waals surface area contributed by atoms with E-state index < -0.39 is 116 Å². The number of unbranched alkanes of at least 4 members (excludes halogenated alkanes) is 2.